The zero-order valence-electron chi connectivity index (χ0n) is 14.5. The molecule has 0 radical (unpaired) electrons. The summed E-state index contributed by atoms with van der Waals surface area (Å²) in [5, 5.41) is 0. The van der Waals surface area contributed by atoms with E-state index in [1.165, 1.54) is 5.69 Å². The van der Waals surface area contributed by atoms with Gasteiger partial charge in [0.1, 0.15) is 0 Å². The van der Waals surface area contributed by atoms with Gasteiger partial charge in [0.05, 0.1) is 11.9 Å². The van der Waals surface area contributed by atoms with Gasteiger partial charge in [0.15, 0.2) is 0 Å². The first-order chi connectivity index (χ1) is 11.7. The average Bonchev–Trinajstić information content (AvgIpc) is 2.62. The molecule has 24 heavy (non-hydrogen) atoms. The Hall–Kier alpha value is -1.14. The Morgan fingerprint density at radius 1 is 1.17 bits per heavy atom. The van der Waals surface area contributed by atoms with Gasteiger partial charge in [0, 0.05) is 56.4 Å². The molecule has 0 unspecified atom stereocenters. The summed E-state index contributed by atoms with van der Waals surface area (Å²) >= 11 is 3.48. The summed E-state index contributed by atoms with van der Waals surface area (Å²) in [6.45, 7) is 9.15. The quantitative estimate of drug-likeness (QED) is 0.786. The molecule has 0 aromatic carbocycles. The highest BCUT2D eigenvalue weighted by molar-refractivity contribution is 9.10. The van der Waals surface area contributed by atoms with Gasteiger partial charge in [-0.25, -0.2) is 0 Å². The molecule has 0 spiro atoms. The first-order valence-electron chi connectivity index (χ1n) is 9.01. The molecule has 2 fully saturated rings. The molecule has 0 bridgehead atoms. The van der Waals surface area contributed by atoms with E-state index in [9.17, 15) is 4.79 Å². The minimum atomic E-state index is 0.355. The third kappa shape index (κ3) is 4.48. The predicted molar refractivity (Wildman–Crippen MR) is 100 cm³/mol. The number of nitrogens with zero attached hydrogens (tertiary/aromatic N) is 4. The number of pyridine rings is 1. The van der Waals surface area contributed by atoms with E-state index in [1.54, 1.807) is 0 Å². The number of anilines is 1. The molecule has 2 saturated heterocycles. The van der Waals surface area contributed by atoms with Crippen LogP contribution < -0.4 is 4.90 Å². The highest BCUT2D eigenvalue weighted by atomic mass is 79.9. The lowest BCUT2D eigenvalue weighted by atomic mass is 9.92. The standard InChI is InChI=1S/C18H27BrN4O/c1-2-21-7-9-23(10-8-21)18(24)11-15-3-5-22(6-4-15)17-12-16(19)13-20-14-17/h12-15H,2-11H2,1H3. The van der Waals surface area contributed by atoms with Crippen molar-refractivity contribution in [3.63, 3.8) is 0 Å². The van der Waals surface area contributed by atoms with E-state index in [2.05, 4.69) is 48.6 Å². The van der Waals surface area contributed by atoms with Crippen LogP contribution in [-0.2, 0) is 4.79 Å². The van der Waals surface area contributed by atoms with E-state index in [-0.39, 0.29) is 0 Å². The third-order valence-electron chi connectivity index (χ3n) is 5.31. The number of carbonyl (C=O) groups is 1. The lowest BCUT2D eigenvalue weighted by molar-refractivity contribution is -0.134. The Morgan fingerprint density at radius 3 is 2.50 bits per heavy atom. The fourth-order valence-electron chi connectivity index (χ4n) is 3.66. The van der Waals surface area contributed by atoms with Crippen molar-refractivity contribution in [3.05, 3.63) is 22.9 Å². The predicted octanol–water partition coefficient (Wildman–Crippen LogP) is 2.61. The number of hydrogen-bond acceptors (Lipinski definition) is 4. The lowest BCUT2D eigenvalue weighted by Gasteiger charge is -2.36. The Bertz CT molecular complexity index is 552. The van der Waals surface area contributed by atoms with E-state index < -0.39 is 0 Å². The summed E-state index contributed by atoms with van der Waals surface area (Å²) < 4.78 is 1.02. The molecular weight excluding hydrogens is 368 g/mol. The van der Waals surface area contributed by atoms with Crippen molar-refractivity contribution in [2.75, 3.05) is 50.7 Å². The molecule has 6 heteroatoms. The molecule has 3 rings (SSSR count). The van der Waals surface area contributed by atoms with E-state index in [0.29, 0.717) is 11.8 Å². The number of piperazine rings is 1. The largest absolute Gasteiger partial charge is 0.370 e. The molecule has 2 aliphatic rings. The van der Waals surface area contributed by atoms with Gasteiger partial charge in [-0.2, -0.15) is 0 Å². The van der Waals surface area contributed by atoms with E-state index >= 15 is 0 Å². The maximum absolute atomic E-state index is 12.5. The van der Waals surface area contributed by atoms with Gasteiger partial charge >= 0.3 is 0 Å². The van der Waals surface area contributed by atoms with Crippen molar-refractivity contribution in [2.24, 2.45) is 5.92 Å². The Morgan fingerprint density at radius 2 is 1.88 bits per heavy atom. The van der Waals surface area contributed by atoms with Crippen LogP contribution in [0.3, 0.4) is 0 Å². The molecule has 1 aromatic heterocycles. The zero-order chi connectivity index (χ0) is 16.9. The van der Waals surface area contributed by atoms with E-state index in [1.807, 2.05) is 12.4 Å². The maximum Gasteiger partial charge on any atom is 0.222 e. The number of halogens is 1. The Kier molecular flexibility index (Phi) is 6.11. The van der Waals surface area contributed by atoms with Crippen molar-refractivity contribution in [1.82, 2.24) is 14.8 Å². The number of carbonyl (C=O) groups excluding carboxylic acids is 1. The van der Waals surface area contributed by atoms with Crippen molar-refractivity contribution in [1.29, 1.82) is 0 Å². The Labute approximate surface area is 153 Å². The molecule has 0 atom stereocenters. The number of rotatable bonds is 4. The van der Waals surface area contributed by atoms with Crippen LogP contribution in [0.2, 0.25) is 0 Å². The number of amides is 1. The number of piperidine rings is 1. The van der Waals surface area contributed by atoms with Crippen molar-refractivity contribution >= 4 is 27.5 Å². The summed E-state index contributed by atoms with van der Waals surface area (Å²) in [6.07, 6.45) is 6.63. The molecule has 3 heterocycles. The van der Waals surface area contributed by atoms with Crippen LogP contribution in [0.4, 0.5) is 5.69 Å². The summed E-state index contributed by atoms with van der Waals surface area (Å²) in [7, 11) is 0. The van der Waals surface area contributed by atoms with Gasteiger partial charge < -0.3 is 14.7 Å². The molecule has 0 saturated carbocycles. The first-order valence-corrected chi connectivity index (χ1v) is 9.80. The van der Waals surface area contributed by atoms with Crippen LogP contribution in [0.25, 0.3) is 0 Å². The second kappa shape index (κ2) is 8.30. The SMILES string of the molecule is CCN1CCN(C(=O)CC2CCN(c3cncc(Br)c3)CC2)CC1. The van der Waals surface area contributed by atoms with Gasteiger partial charge in [0.25, 0.3) is 0 Å². The fraction of sp³-hybridized carbons (Fsp3) is 0.667. The number of aromatic nitrogens is 1. The first kappa shape index (κ1) is 17.7. The number of likely N-dealkylation sites (N-methyl/N-ethyl adjacent to an activating group) is 1. The van der Waals surface area contributed by atoms with E-state index in [0.717, 1.165) is 69.5 Å². The minimum Gasteiger partial charge on any atom is -0.370 e. The summed E-state index contributed by atoms with van der Waals surface area (Å²) in [6, 6.07) is 2.12. The molecule has 1 aromatic rings. The third-order valence-corrected chi connectivity index (χ3v) is 5.74. The van der Waals surface area contributed by atoms with Crippen molar-refractivity contribution < 1.29 is 4.79 Å². The molecule has 132 valence electrons. The topological polar surface area (TPSA) is 39.7 Å². The zero-order valence-corrected chi connectivity index (χ0v) is 16.0. The number of hydrogen-bond donors (Lipinski definition) is 0. The highest BCUT2D eigenvalue weighted by Crippen LogP contribution is 2.26. The second-order valence-corrected chi connectivity index (χ2v) is 7.73. The molecule has 1 amide bonds. The fourth-order valence-corrected chi connectivity index (χ4v) is 4.01. The summed E-state index contributed by atoms with van der Waals surface area (Å²) in [5.74, 6) is 0.881. The van der Waals surface area contributed by atoms with Crippen LogP contribution in [0, 0.1) is 5.92 Å². The molecular formula is C18H27BrN4O. The molecule has 0 N–H and O–H groups in total. The van der Waals surface area contributed by atoms with Gasteiger partial charge in [0.2, 0.25) is 5.91 Å². The van der Waals surface area contributed by atoms with Gasteiger partial charge in [-0.05, 0) is 47.3 Å². The second-order valence-electron chi connectivity index (χ2n) is 6.81. The normalized spacial score (nSPS) is 20.4. The molecule has 0 aliphatic carbocycles. The summed E-state index contributed by atoms with van der Waals surface area (Å²) in [4.78, 5) is 23.6. The van der Waals surface area contributed by atoms with E-state index in [4.69, 9.17) is 0 Å². The van der Waals surface area contributed by atoms with Crippen LogP contribution in [0.15, 0.2) is 22.9 Å². The molecule has 2 aliphatic heterocycles. The minimum absolute atomic E-state index is 0.355. The average molecular weight is 395 g/mol. The van der Waals surface area contributed by atoms with Crippen molar-refractivity contribution in [3.8, 4) is 0 Å². The molecule has 5 nitrogen and oxygen atoms in total. The van der Waals surface area contributed by atoms with Gasteiger partial charge in [-0.1, -0.05) is 6.92 Å². The van der Waals surface area contributed by atoms with Crippen LogP contribution in [0.1, 0.15) is 26.2 Å². The Balaban J connectivity index is 1.44. The van der Waals surface area contributed by atoms with Gasteiger partial charge in [-0.15, -0.1) is 0 Å². The van der Waals surface area contributed by atoms with Crippen molar-refractivity contribution in [2.45, 2.75) is 26.2 Å². The van der Waals surface area contributed by atoms with Crippen LogP contribution >= 0.6 is 15.9 Å². The highest BCUT2D eigenvalue weighted by Gasteiger charge is 2.26. The summed E-state index contributed by atoms with van der Waals surface area (Å²) in [5.41, 5.74) is 1.17. The maximum atomic E-state index is 12.5. The van der Waals surface area contributed by atoms with Crippen LogP contribution in [0.5, 0.6) is 0 Å². The van der Waals surface area contributed by atoms with Gasteiger partial charge in [-0.3, -0.25) is 9.78 Å². The smallest absolute Gasteiger partial charge is 0.222 e. The van der Waals surface area contributed by atoms with Crippen LogP contribution in [-0.4, -0.2) is 66.5 Å². The monoisotopic (exact) mass is 394 g/mol. The lowest BCUT2D eigenvalue weighted by Crippen LogP contribution is -2.49.